The van der Waals surface area contributed by atoms with Gasteiger partial charge in [-0.25, -0.2) is 4.79 Å². The molecule has 5 heteroatoms. The number of aliphatic hydroxyl groups excluding tert-OH is 1. The molecule has 4 nitrogen and oxygen atoms in total. The summed E-state index contributed by atoms with van der Waals surface area (Å²) in [5.74, 6) is -1.22. The Balaban J connectivity index is 2.69. The Bertz CT molecular complexity index is 316. The van der Waals surface area contributed by atoms with Crippen molar-refractivity contribution in [3.63, 3.8) is 0 Å². The van der Waals surface area contributed by atoms with E-state index in [4.69, 9.17) is 10.2 Å². The van der Waals surface area contributed by atoms with E-state index in [2.05, 4.69) is 20.9 Å². The molecule has 0 radical (unpaired) electrons. The molecule has 1 rings (SSSR count). The van der Waals surface area contributed by atoms with Gasteiger partial charge in [0.25, 0.3) is 0 Å². The molecule has 13 heavy (non-hydrogen) atoms. The van der Waals surface area contributed by atoms with Crippen molar-refractivity contribution in [3.8, 4) is 0 Å². The molecule has 0 aromatic carbocycles. The van der Waals surface area contributed by atoms with E-state index >= 15 is 0 Å². The highest BCUT2D eigenvalue weighted by atomic mass is 79.9. The Morgan fingerprint density at radius 2 is 2.31 bits per heavy atom. The Morgan fingerprint density at radius 3 is 2.85 bits per heavy atom. The maximum absolute atomic E-state index is 10.3. The first-order valence-electron chi connectivity index (χ1n) is 3.60. The maximum atomic E-state index is 10.3. The topological polar surface area (TPSA) is 70.4 Å². The molecule has 0 aliphatic heterocycles. The second-order valence-electron chi connectivity index (χ2n) is 2.57. The summed E-state index contributed by atoms with van der Waals surface area (Å²) < 4.78 is 0.766. The van der Waals surface area contributed by atoms with Crippen LogP contribution in [0.2, 0.25) is 0 Å². The van der Waals surface area contributed by atoms with Crippen LogP contribution in [0.4, 0.5) is 0 Å². The molecule has 1 aromatic rings. The van der Waals surface area contributed by atoms with Crippen molar-refractivity contribution in [2.24, 2.45) is 0 Å². The van der Waals surface area contributed by atoms with E-state index in [0.717, 1.165) is 4.47 Å². The zero-order valence-electron chi connectivity index (χ0n) is 6.64. The third-order valence-corrected chi connectivity index (χ3v) is 1.91. The number of halogens is 1. The minimum atomic E-state index is -1.36. The number of aliphatic carboxylic acids is 1. The van der Waals surface area contributed by atoms with Crippen LogP contribution < -0.4 is 0 Å². The summed E-state index contributed by atoms with van der Waals surface area (Å²) in [5, 5.41) is 17.5. The van der Waals surface area contributed by atoms with Gasteiger partial charge < -0.3 is 10.2 Å². The summed E-state index contributed by atoms with van der Waals surface area (Å²) in [6, 6.07) is 1.72. The van der Waals surface area contributed by atoms with E-state index in [1.165, 1.54) is 6.20 Å². The van der Waals surface area contributed by atoms with Gasteiger partial charge in [0.05, 0.1) is 0 Å². The van der Waals surface area contributed by atoms with Crippen LogP contribution in [-0.4, -0.2) is 27.3 Å². The number of hydrogen-bond donors (Lipinski definition) is 2. The van der Waals surface area contributed by atoms with Crippen LogP contribution in [0.25, 0.3) is 0 Å². The quantitative estimate of drug-likeness (QED) is 0.828. The number of pyridine rings is 1. The van der Waals surface area contributed by atoms with Gasteiger partial charge in [-0.15, -0.1) is 0 Å². The molecule has 0 aliphatic rings. The van der Waals surface area contributed by atoms with Crippen molar-refractivity contribution >= 4 is 21.9 Å². The molecular formula is C8H8BrNO3. The predicted molar refractivity (Wildman–Crippen MR) is 49.3 cm³/mol. The van der Waals surface area contributed by atoms with Crippen molar-refractivity contribution in [2.75, 3.05) is 0 Å². The average molecular weight is 246 g/mol. The number of rotatable bonds is 3. The van der Waals surface area contributed by atoms with E-state index in [9.17, 15) is 4.79 Å². The van der Waals surface area contributed by atoms with E-state index in [1.807, 2.05) is 0 Å². The number of carbonyl (C=O) groups is 1. The smallest absolute Gasteiger partial charge is 0.332 e. The molecule has 0 amide bonds. The van der Waals surface area contributed by atoms with Crippen molar-refractivity contribution in [1.29, 1.82) is 0 Å². The van der Waals surface area contributed by atoms with Crippen molar-refractivity contribution in [2.45, 2.75) is 12.5 Å². The number of hydrogen-bond acceptors (Lipinski definition) is 3. The summed E-state index contributed by atoms with van der Waals surface area (Å²) in [6.45, 7) is 0. The fraction of sp³-hybridized carbons (Fsp3) is 0.250. The molecule has 1 unspecified atom stereocenters. The van der Waals surface area contributed by atoms with Gasteiger partial charge in [-0.05, 0) is 27.6 Å². The average Bonchev–Trinajstić information content (AvgIpc) is 2.04. The van der Waals surface area contributed by atoms with E-state index < -0.39 is 12.1 Å². The van der Waals surface area contributed by atoms with Crippen LogP contribution in [0.5, 0.6) is 0 Å². The zero-order chi connectivity index (χ0) is 9.84. The molecule has 1 heterocycles. The fourth-order valence-electron chi connectivity index (χ4n) is 0.878. The molecule has 70 valence electrons. The van der Waals surface area contributed by atoms with Gasteiger partial charge in [0.15, 0.2) is 6.10 Å². The van der Waals surface area contributed by atoms with Crippen LogP contribution in [-0.2, 0) is 11.2 Å². The SMILES string of the molecule is O=C(O)C(O)Cc1cncc(Br)c1. The minimum absolute atomic E-state index is 0.0712. The predicted octanol–water partition coefficient (Wildman–Crippen LogP) is 0.832. The Kier molecular flexibility index (Phi) is 3.39. The lowest BCUT2D eigenvalue weighted by molar-refractivity contribution is -0.146. The normalized spacial score (nSPS) is 12.5. The van der Waals surface area contributed by atoms with Gasteiger partial charge in [-0.3, -0.25) is 4.98 Å². The van der Waals surface area contributed by atoms with E-state index in [0.29, 0.717) is 5.56 Å². The van der Waals surface area contributed by atoms with Gasteiger partial charge in [-0.1, -0.05) is 0 Å². The molecule has 0 bridgehead atoms. The minimum Gasteiger partial charge on any atom is -0.479 e. The second-order valence-corrected chi connectivity index (χ2v) is 3.49. The van der Waals surface area contributed by atoms with Gasteiger partial charge in [0, 0.05) is 23.3 Å². The first kappa shape index (κ1) is 10.1. The lowest BCUT2D eigenvalue weighted by atomic mass is 10.1. The molecule has 2 N–H and O–H groups in total. The Morgan fingerprint density at radius 1 is 1.62 bits per heavy atom. The summed E-state index contributed by atoms with van der Waals surface area (Å²) in [7, 11) is 0. The molecule has 0 saturated carbocycles. The highest BCUT2D eigenvalue weighted by Crippen LogP contribution is 2.11. The van der Waals surface area contributed by atoms with Gasteiger partial charge in [-0.2, -0.15) is 0 Å². The zero-order valence-corrected chi connectivity index (χ0v) is 8.23. The maximum Gasteiger partial charge on any atom is 0.332 e. The summed E-state index contributed by atoms with van der Waals surface area (Å²) in [4.78, 5) is 14.2. The highest BCUT2D eigenvalue weighted by molar-refractivity contribution is 9.10. The summed E-state index contributed by atoms with van der Waals surface area (Å²) in [6.07, 6.45) is 1.83. The van der Waals surface area contributed by atoms with Gasteiger partial charge in [0.2, 0.25) is 0 Å². The van der Waals surface area contributed by atoms with Crippen LogP contribution >= 0.6 is 15.9 Å². The second kappa shape index (κ2) is 4.34. The van der Waals surface area contributed by atoms with E-state index in [-0.39, 0.29) is 6.42 Å². The van der Waals surface area contributed by atoms with Crippen molar-refractivity contribution < 1.29 is 15.0 Å². The molecule has 0 aliphatic carbocycles. The summed E-state index contributed by atoms with van der Waals surface area (Å²) in [5.41, 5.74) is 0.685. The number of aliphatic hydroxyl groups is 1. The lowest BCUT2D eigenvalue weighted by Crippen LogP contribution is -2.21. The first-order valence-corrected chi connectivity index (χ1v) is 4.39. The van der Waals surface area contributed by atoms with Gasteiger partial charge in [0.1, 0.15) is 0 Å². The van der Waals surface area contributed by atoms with Crippen LogP contribution in [0, 0.1) is 0 Å². The fourth-order valence-corrected chi connectivity index (χ4v) is 1.29. The molecule has 1 aromatic heterocycles. The number of aromatic nitrogens is 1. The number of nitrogens with zero attached hydrogens (tertiary/aromatic N) is 1. The Labute approximate surface area is 83.4 Å². The van der Waals surface area contributed by atoms with E-state index in [1.54, 1.807) is 12.3 Å². The lowest BCUT2D eigenvalue weighted by Gasteiger charge is -2.04. The van der Waals surface area contributed by atoms with Crippen molar-refractivity contribution in [3.05, 3.63) is 28.5 Å². The number of carboxylic acid groups (broad SMARTS) is 1. The largest absolute Gasteiger partial charge is 0.479 e. The highest BCUT2D eigenvalue weighted by Gasteiger charge is 2.13. The monoisotopic (exact) mass is 245 g/mol. The third-order valence-electron chi connectivity index (χ3n) is 1.48. The van der Waals surface area contributed by atoms with Crippen LogP contribution in [0.1, 0.15) is 5.56 Å². The molecule has 0 saturated heterocycles. The molecular weight excluding hydrogens is 238 g/mol. The third kappa shape index (κ3) is 3.12. The number of carboxylic acids is 1. The molecule has 1 atom stereocenters. The van der Waals surface area contributed by atoms with Gasteiger partial charge >= 0.3 is 5.97 Å². The summed E-state index contributed by atoms with van der Waals surface area (Å²) >= 11 is 3.20. The Hall–Kier alpha value is -0.940. The standard InChI is InChI=1S/C8H8BrNO3/c9-6-1-5(3-10-4-6)2-7(11)8(12)13/h1,3-4,7,11H,2H2,(H,12,13). The molecule has 0 spiro atoms. The first-order chi connectivity index (χ1) is 6.09. The van der Waals surface area contributed by atoms with Crippen LogP contribution in [0.3, 0.4) is 0 Å². The van der Waals surface area contributed by atoms with Crippen molar-refractivity contribution in [1.82, 2.24) is 4.98 Å². The van der Waals surface area contributed by atoms with Crippen LogP contribution in [0.15, 0.2) is 22.9 Å². The molecule has 0 fully saturated rings.